The molecule has 2 heterocycles. The van der Waals surface area contributed by atoms with Gasteiger partial charge in [0.2, 0.25) is 0 Å². The summed E-state index contributed by atoms with van der Waals surface area (Å²) in [6.45, 7) is 4.02. The van der Waals surface area contributed by atoms with Gasteiger partial charge in [0, 0.05) is 48.6 Å². The maximum atomic E-state index is 12.8. The molecule has 0 unspecified atom stereocenters. The number of fused-ring (bicyclic) bond motifs is 1. The first-order valence-electron chi connectivity index (χ1n) is 8.51. The van der Waals surface area contributed by atoms with Gasteiger partial charge in [0.05, 0.1) is 0 Å². The second kappa shape index (κ2) is 6.59. The van der Waals surface area contributed by atoms with E-state index in [0.29, 0.717) is 5.92 Å². The van der Waals surface area contributed by atoms with Crippen LogP contribution in [0.1, 0.15) is 61.6 Å². The average Bonchev–Trinajstić information content (AvgIpc) is 2.51. The molecule has 5 heteroatoms. The average molecular weight is 324 g/mol. The van der Waals surface area contributed by atoms with Gasteiger partial charge in [0.1, 0.15) is 5.65 Å². The van der Waals surface area contributed by atoms with E-state index in [0.717, 1.165) is 40.8 Å². The standard InChI is InChI=1S/C19H24N4O/c1-12(2)16-11-22-18-17(13-5-4-6-13)15(14(9-20)10-21-3)7-8-23(18)19(16)24/h7-13,20-21H,4-6H2,1-3H3/b14-10+,20-9?. The Kier molecular flexibility index (Phi) is 4.51. The molecule has 3 rings (SSSR count). The normalized spacial score (nSPS) is 15.6. The molecule has 2 aromatic rings. The van der Waals surface area contributed by atoms with Crippen molar-refractivity contribution in [1.82, 2.24) is 14.7 Å². The van der Waals surface area contributed by atoms with Crippen molar-refractivity contribution >= 4 is 17.4 Å². The van der Waals surface area contributed by atoms with Crippen LogP contribution in [0.15, 0.2) is 29.5 Å². The predicted octanol–water partition coefficient (Wildman–Crippen LogP) is 3.30. The number of hydrogen-bond acceptors (Lipinski definition) is 4. The van der Waals surface area contributed by atoms with Crippen LogP contribution in [-0.4, -0.2) is 22.6 Å². The van der Waals surface area contributed by atoms with Crippen LogP contribution in [0.2, 0.25) is 0 Å². The van der Waals surface area contributed by atoms with Gasteiger partial charge in [0.15, 0.2) is 0 Å². The summed E-state index contributed by atoms with van der Waals surface area (Å²) in [7, 11) is 1.82. The first-order chi connectivity index (χ1) is 11.6. The summed E-state index contributed by atoms with van der Waals surface area (Å²) in [4.78, 5) is 17.4. The second-order valence-corrected chi connectivity index (χ2v) is 6.67. The molecule has 0 bridgehead atoms. The van der Waals surface area contributed by atoms with Gasteiger partial charge >= 0.3 is 0 Å². The van der Waals surface area contributed by atoms with E-state index in [1.165, 1.54) is 12.6 Å². The van der Waals surface area contributed by atoms with Crippen molar-refractivity contribution < 1.29 is 0 Å². The fourth-order valence-corrected chi connectivity index (χ4v) is 3.28. The molecule has 2 aromatic heterocycles. The molecule has 1 saturated carbocycles. The summed E-state index contributed by atoms with van der Waals surface area (Å²) in [5.74, 6) is 0.559. The van der Waals surface area contributed by atoms with E-state index < -0.39 is 0 Å². The molecule has 5 nitrogen and oxygen atoms in total. The van der Waals surface area contributed by atoms with Gasteiger partial charge in [-0.05, 0) is 36.3 Å². The van der Waals surface area contributed by atoms with Crippen molar-refractivity contribution in [2.45, 2.75) is 44.9 Å². The molecule has 0 spiro atoms. The highest BCUT2D eigenvalue weighted by Gasteiger charge is 2.27. The van der Waals surface area contributed by atoms with Gasteiger partial charge < -0.3 is 10.7 Å². The monoisotopic (exact) mass is 324 g/mol. The lowest BCUT2D eigenvalue weighted by atomic mass is 9.77. The van der Waals surface area contributed by atoms with Crippen LogP contribution in [0.5, 0.6) is 0 Å². The van der Waals surface area contributed by atoms with Crippen molar-refractivity contribution in [1.29, 1.82) is 5.41 Å². The number of allylic oxidation sites excluding steroid dienone is 1. The van der Waals surface area contributed by atoms with Crippen molar-refractivity contribution in [3.63, 3.8) is 0 Å². The maximum Gasteiger partial charge on any atom is 0.261 e. The van der Waals surface area contributed by atoms with Gasteiger partial charge in [-0.15, -0.1) is 0 Å². The van der Waals surface area contributed by atoms with Crippen LogP contribution in [-0.2, 0) is 0 Å². The number of hydrogen-bond donors (Lipinski definition) is 2. The quantitative estimate of drug-likeness (QED) is 0.829. The fourth-order valence-electron chi connectivity index (χ4n) is 3.28. The zero-order valence-corrected chi connectivity index (χ0v) is 14.5. The second-order valence-electron chi connectivity index (χ2n) is 6.67. The van der Waals surface area contributed by atoms with Crippen molar-refractivity contribution in [2.24, 2.45) is 0 Å². The Hall–Kier alpha value is -2.43. The lowest BCUT2D eigenvalue weighted by Crippen LogP contribution is -2.23. The lowest BCUT2D eigenvalue weighted by Gasteiger charge is -2.29. The highest BCUT2D eigenvalue weighted by Crippen LogP contribution is 2.41. The molecule has 1 aliphatic rings. The lowest BCUT2D eigenvalue weighted by molar-refractivity contribution is 0.420. The largest absolute Gasteiger partial charge is 0.393 e. The van der Waals surface area contributed by atoms with Gasteiger partial charge in [-0.25, -0.2) is 4.98 Å². The van der Waals surface area contributed by atoms with Crippen molar-refractivity contribution in [3.05, 3.63) is 51.7 Å². The summed E-state index contributed by atoms with van der Waals surface area (Å²) in [6, 6.07) is 1.95. The molecule has 0 amide bonds. The molecule has 0 atom stereocenters. The summed E-state index contributed by atoms with van der Waals surface area (Å²) in [5, 5.41) is 10.7. The van der Waals surface area contributed by atoms with E-state index in [1.807, 2.05) is 33.2 Å². The molecule has 0 saturated heterocycles. The third-order valence-electron chi connectivity index (χ3n) is 4.84. The smallest absolute Gasteiger partial charge is 0.261 e. The fraction of sp³-hybridized carbons (Fsp3) is 0.421. The Balaban J connectivity index is 2.31. The predicted molar refractivity (Wildman–Crippen MR) is 98.0 cm³/mol. The third-order valence-corrected chi connectivity index (χ3v) is 4.84. The van der Waals surface area contributed by atoms with E-state index >= 15 is 0 Å². The Morgan fingerprint density at radius 2 is 2.21 bits per heavy atom. The van der Waals surface area contributed by atoms with E-state index in [-0.39, 0.29) is 11.5 Å². The molecular formula is C19H24N4O. The van der Waals surface area contributed by atoms with E-state index in [2.05, 4.69) is 10.3 Å². The van der Waals surface area contributed by atoms with Crippen LogP contribution in [0.4, 0.5) is 0 Å². The highest BCUT2D eigenvalue weighted by molar-refractivity contribution is 6.09. The number of rotatable bonds is 5. The SMILES string of the molecule is CN/C=C(\C=N)c1ccn2c(=O)c(C(C)C)cnc2c1C1CCC1. The van der Waals surface area contributed by atoms with Crippen LogP contribution >= 0.6 is 0 Å². The molecule has 24 heavy (non-hydrogen) atoms. The highest BCUT2D eigenvalue weighted by atomic mass is 16.1. The molecule has 0 aliphatic heterocycles. The molecule has 0 radical (unpaired) electrons. The minimum absolute atomic E-state index is 0.0103. The molecule has 1 fully saturated rings. The molecular weight excluding hydrogens is 300 g/mol. The van der Waals surface area contributed by atoms with Gasteiger partial charge in [-0.2, -0.15) is 0 Å². The summed E-state index contributed by atoms with van der Waals surface area (Å²) in [5.41, 5.74) is 4.38. The minimum atomic E-state index is 0.0103. The first kappa shape index (κ1) is 16.4. The van der Waals surface area contributed by atoms with E-state index in [4.69, 9.17) is 5.41 Å². The minimum Gasteiger partial charge on any atom is -0.393 e. The molecule has 2 N–H and O–H groups in total. The molecule has 1 aliphatic carbocycles. The number of pyridine rings is 1. The topological polar surface area (TPSA) is 70.2 Å². The molecule has 126 valence electrons. The van der Waals surface area contributed by atoms with Crippen LogP contribution in [0.3, 0.4) is 0 Å². The number of aromatic nitrogens is 2. The number of nitrogens with one attached hydrogen (secondary N) is 2. The van der Waals surface area contributed by atoms with Gasteiger partial charge in [-0.1, -0.05) is 20.3 Å². The Morgan fingerprint density at radius 3 is 2.75 bits per heavy atom. The zero-order valence-electron chi connectivity index (χ0n) is 14.5. The van der Waals surface area contributed by atoms with Crippen LogP contribution < -0.4 is 10.9 Å². The summed E-state index contributed by atoms with van der Waals surface area (Å²) >= 11 is 0. The van der Waals surface area contributed by atoms with Crippen molar-refractivity contribution in [2.75, 3.05) is 7.05 Å². The number of nitrogens with zero attached hydrogens (tertiary/aromatic N) is 2. The van der Waals surface area contributed by atoms with Gasteiger partial charge in [-0.3, -0.25) is 9.20 Å². The van der Waals surface area contributed by atoms with E-state index in [1.54, 1.807) is 16.8 Å². The Bertz CT molecular complexity index is 860. The molecule has 0 aromatic carbocycles. The maximum absolute atomic E-state index is 12.8. The first-order valence-corrected chi connectivity index (χ1v) is 8.51. The third kappa shape index (κ3) is 2.64. The Labute approximate surface area is 141 Å². The summed E-state index contributed by atoms with van der Waals surface area (Å²) < 4.78 is 1.67. The summed E-state index contributed by atoms with van der Waals surface area (Å²) in [6.07, 6.45) is 10.1. The van der Waals surface area contributed by atoms with Gasteiger partial charge in [0.25, 0.3) is 5.56 Å². The zero-order chi connectivity index (χ0) is 17.3. The van der Waals surface area contributed by atoms with Crippen molar-refractivity contribution in [3.8, 4) is 0 Å². The Morgan fingerprint density at radius 1 is 1.46 bits per heavy atom. The van der Waals surface area contributed by atoms with E-state index in [9.17, 15) is 4.79 Å². The van der Waals surface area contributed by atoms with Crippen LogP contribution in [0, 0.1) is 5.41 Å². The van der Waals surface area contributed by atoms with Crippen LogP contribution in [0.25, 0.3) is 11.2 Å².